The Morgan fingerprint density at radius 1 is 1.56 bits per heavy atom. The van der Waals surface area contributed by atoms with Gasteiger partial charge in [0.05, 0.1) is 25.7 Å². The van der Waals surface area contributed by atoms with Crippen molar-refractivity contribution in [2.24, 2.45) is 0 Å². The molecule has 2 atom stereocenters. The lowest BCUT2D eigenvalue weighted by Crippen LogP contribution is -2.24. The number of hydrogen-bond donors (Lipinski definition) is 0. The molecule has 1 aliphatic heterocycles. The van der Waals surface area contributed by atoms with E-state index in [1.165, 1.54) is 0 Å². The Kier molecular flexibility index (Phi) is 3.38. The number of rotatable bonds is 3. The molecule has 0 spiro atoms. The molecule has 0 N–H and O–H groups in total. The van der Waals surface area contributed by atoms with E-state index in [9.17, 15) is 0 Å². The van der Waals surface area contributed by atoms with Crippen molar-refractivity contribution in [2.45, 2.75) is 18.8 Å². The second-order valence-corrected chi connectivity index (χ2v) is 4.19. The minimum atomic E-state index is -0.714. The normalized spacial score (nSPS) is 29.3. The molecule has 0 radical (unpaired) electrons. The molecule has 1 aliphatic rings. The number of halogens is 1. The van der Waals surface area contributed by atoms with E-state index in [0.717, 1.165) is 11.3 Å². The molecular weight excluding hydrogens is 228 g/mol. The Morgan fingerprint density at radius 3 is 3.00 bits per heavy atom. The highest BCUT2D eigenvalue weighted by Gasteiger charge is 2.38. The molecule has 1 heterocycles. The molecular formula is C12H15ClO3. The molecule has 1 fully saturated rings. The molecule has 3 nitrogen and oxygen atoms in total. The van der Waals surface area contributed by atoms with Crippen molar-refractivity contribution in [3.05, 3.63) is 29.8 Å². The first-order chi connectivity index (χ1) is 7.68. The van der Waals surface area contributed by atoms with Gasteiger partial charge in [-0.05, 0) is 19.1 Å². The van der Waals surface area contributed by atoms with Gasteiger partial charge in [-0.25, -0.2) is 0 Å². The summed E-state index contributed by atoms with van der Waals surface area (Å²) < 4.78 is 16.6. The van der Waals surface area contributed by atoms with Crippen molar-refractivity contribution in [3.63, 3.8) is 0 Å². The summed E-state index contributed by atoms with van der Waals surface area (Å²) >= 11 is 5.75. The van der Waals surface area contributed by atoms with E-state index in [4.69, 9.17) is 25.8 Å². The van der Waals surface area contributed by atoms with Gasteiger partial charge in [-0.1, -0.05) is 12.1 Å². The first-order valence-electron chi connectivity index (χ1n) is 5.20. The molecule has 1 saturated heterocycles. The lowest BCUT2D eigenvalue weighted by Gasteiger charge is -2.23. The van der Waals surface area contributed by atoms with Crippen LogP contribution >= 0.6 is 11.6 Å². The van der Waals surface area contributed by atoms with E-state index in [1.807, 2.05) is 31.2 Å². The maximum Gasteiger partial charge on any atom is 0.192 e. The van der Waals surface area contributed by atoms with Gasteiger partial charge in [0.25, 0.3) is 0 Å². The standard InChI is InChI=1S/C12H15ClO3/c1-12(15-8-11(7-13)16-12)9-4-3-5-10(6-9)14-2/h3-6,11H,7-8H2,1-2H3. The predicted octanol–water partition coefficient (Wildman–Crippen LogP) is 2.52. The molecule has 4 heteroatoms. The van der Waals surface area contributed by atoms with Crippen LogP contribution in [0.25, 0.3) is 0 Å². The summed E-state index contributed by atoms with van der Waals surface area (Å²) in [5.41, 5.74) is 0.944. The average molecular weight is 243 g/mol. The number of alkyl halides is 1. The largest absolute Gasteiger partial charge is 0.497 e. The van der Waals surface area contributed by atoms with Crippen molar-refractivity contribution in [1.29, 1.82) is 0 Å². The average Bonchev–Trinajstić information content (AvgIpc) is 2.73. The van der Waals surface area contributed by atoms with Gasteiger partial charge in [0.2, 0.25) is 0 Å². The zero-order valence-corrected chi connectivity index (χ0v) is 10.2. The van der Waals surface area contributed by atoms with E-state index in [0.29, 0.717) is 12.5 Å². The third-order valence-electron chi connectivity index (χ3n) is 2.70. The van der Waals surface area contributed by atoms with Crippen LogP contribution in [0, 0.1) is 0 Å². The summed E-state index contributed by atoms with van der Waals surface area (Å²) in [6, 6.07) is 7.68. The Bertz CT molecular complexity index is 369. The number of ether oxygens (including phenoxy) is 3. The first-order valence-corrected chi connectivity index (χ1v) is 5.73. The zero-order valence-electron chi connectivity index (χ0n) is 9.40. The molecule has 0 aromatic heterocycles. The molecule has 2 unspecified atom stereocenters. The van der Waals surface area contributed by atoms with E-state index in [2.05, 4.69) is 0 Å². The Hall–Kier alpha value is -0.770. The van der Waals surface area contributed by atoms with Gasteiger partial charge in [-0.3, -0.25) is 0 Å². The summed E-state index contributed by atoms with van der Waals surface area (Å²) in [6.07, 6.45) is -0.0436. The summed E-state index contributed by atoms with van der Waals surface area (Å²) in [5.74, 6) is 0.522. The number of benzene rings is 1. The monoisotopic (exact) mass is 242 g/mol. The number of hydrogen-bond acceptors (Lipinski definition) is 3. The third-order valence-corrected chi connectivity index (χ3v) is 3.05. The molecule has 0 aliphatic carbocycles. The second-order valence-electron chi connectivity index (χ2n) is 3.88. The highest BCUT2D eigenvalue weighted by atomic mass is 35.5. The Balaban J connectivity index is 2.22. The molecule has 88 valence electrons. The van der Waals surface area contributed by atoms with Gasteiger partial charge in [0.15, 0.2) is 5.79 Å². The van der Waals surface area contributed by atoms with Gasteiger partial charge in [0, 0.05) is 5.56 Å². The summed E-state index contributed by atoms with van der Waals surface area (Å²) in [4.78, 5) is 0. The lowest BCUT2D eigenvalue weighted by atomic mass is 10.1. The molecule has 1 aromatic carbocycles. The fraction of sp³-hybridized carbons (Fsp3) is 0.500. The molecule has 2 rings (SSSR count). The summed E-state index contributed by atoms with van der Waals surface area (Å²) in [5, 5.41) is 0. The lowest BCUT2D eigenvalue weighted by molar-refractivity contribution is -0.159. The van der Waals surface area contributed by atoms with Crippen LogP contribution in [0.4, 0.5) is 0 Å². The van der Waals surface area contributed by atoms with Gasteiger partial charge < -0.3 is 14.2 Å². The van der Waals surface area contributed by atoms with Crippen molar-refractivity contribution < 1.29 is 14.2 Å². The Labute approximate surface area is 100 Å². The van der Waals surface area contributed by atoms with Gasteiger partial charge in [0.1, 0.15) is 5.75 Å². The van der Waals surface area contributed by atoms with Crippen LogP contribution in [0.1, 0.15) is 12.5 Å². The molecule has 0 bridgehead atoms. The summed E-state index contributed by atoms with van der Waals surface area (Å²) in [6.45, 7) is 2.42. The van der Waals surface area contributed by atoms with Crippen molar-refractivity contribution in [2.75, 3.05) is 19.6 Å². The minimum absolute atomic E-state index is 0.0436. The highest BCUT2D eigenvalue weighted by Crippen LogP contribution is 2.35. The van der Waals surface area contributed by atoms with Crippen LogP contribution < -0.4 is 4.74 Å². The first kappa shape index (κ1) is 11.7. The van der Waals surface area contributed by atoms with Crippen LogP contribution in [0.2, 0.25) is 0 Å². The van der Waals surface area contributed by atoms with Crippen LogP contribution in [-0.2, 0) is 15.3 Å². The smallest absolute Gasteiger partial charge is 0.192 e. The van der Waals surface area contributed by atoms with Crippen LogP contribution in [0.15, 0.2) is 24.3 Å². The third kappa shape index (κ3) is 2.17. The fourth-order valence-electron chi connectivity index (χ4n) is 1.77. The number of methoxy groups -OCH3 is 1. The van der Waals surface area contributed by atoms with Crippen molar-refractivity contribution in [1.82, 2.24) is 0 Å². The van der Waals surface area contributed by atoms with Crippen molar-refractivity contribution in [3.8, 4) is 5.75 Å². The van der Waals surface area contributed by atoms with Gasteiger partial charge in [-0.15, -0.1) is 11.6 Å². The zero-order chi connectivity index (χ0) is 11.6. The molecule has 0 amide bonds. The fourth-order valence-corrected chi connectivity index (χ4v) is 1.92. The topological polar surface area (TPSA) is 27.7 Å². The van der Waals surface area contributed by atoms with E-state index >= 15 is 0 Å². The van der Waals surface area contributed by atoms with E-state index in [-0.39, 0.29) is 6.10 Å². The van der Waals surface area contributed by atoms with Crippen LogP contribution in [0.3, 0.4) is 0 Å². The highest BCUT2D eigenvalue weighted by molar-refractivity contribution is 6.18. The van der Waals surface area contributed by atoms with E-state index < -0.39 is 5.79 Å². The van der Waals surface area contributed by atoms with Gasteiger partial charge >= 0.3 is 0 Å². The quantitative estimate of drug-likeness (QED) is 0.763. The molecule has 16 heavy (non-hydrogen) atoms. The molecule has 0 saturated carbocycles. The van der Waals surface area contributed by atoms with Crippen LogP contribution in [0.5, 0.6) is 5.75 Å². The summed E-state index contributed by atoms with van der Waals surface area (Å²) in [7, 11) is 1.64. The predicted molar refractivity (Wildman–Crippen MR) is 61.9 cm³/mol. The van der Waals surface area contributed by atoms with Gasteiger partial charge in [-0.2, -0.15) is 0 Å². The van der Waals surface area contributed by atoms with Crippen molar-refractivity contribution >= 4 is 11.6 Å². The molecule has 1 aromatic rings. The second kappa shape index (κ2) is 4.62. The Morgan fingerprint density at radius 2 is 2.38 bits per heavy atom. The SMILES string of the molecule is COc1cccc(C2(C)OCC(CCl)O2)c1. The maximum atomic E-state index is 5.77. The maximum absolute atomic E-state index is 5.77. The van der Waals surface area contributed by atoms with E-state index in [1.54, 1.807) is 7.11 Å². The minimum Gasteiger partial charge on any atom is -0.497 e. The van der Waals surface area contributed by atoms with Crippen LogP contribution in [-0.4, -0.2) is 25.7 Å².